The summed E-state index contributed by atoms with van der Waals surface area (Å²) in [6.07, 6.45) is 3.55. The molecule has 0 bridgehead atoms. The largest absolute Gasteiger partial charge is 0.457 e. The van der Waals surface area contributed by atoms with Crippen molar-refractivity contribution in [2.75, 3.05) is 0 Å². The van der Waals surface area contributed by atoms with Gasteiger partial charge in [-0.3, -0.25) is 4.57 Å². The first-order valence-electron chi connectivity index (χ1n) is 21.5. The molecule has 5 aromatic carbocycles. The zero-order valence-corrected chi connectivity index (χ0v) is 24.3. The van der Waals surface area contributed by atoms with Crippen LogP contribution in [0.1, 0.15) is 24.8 Å². The number of fused-ring (bicyclic) bond motifs is 5. The van der Waals surface area contributed by atoms with Crippen molar-refractivity contribution in [2.45, 2.75) is 6.85 Å². The molecule has 0 saturated carbocycles. The monoisotopic (exact) mass is 621 g/mol. The summed E-state index contributed by atoms with van der Waals surface area (Å²) in [7, 11) is 0. The zero-order chi connectivity index (χ0) is 43.4. The van der Waals surface area contributed by atoms with Crippen LogP contribution in [0, 0.1) is 6.85 Å². The molecule has 0 aliphatic carbocycles. The van der Waals surface area contributed by atoms with E-state index < -0.39 is 78.1 Å². The molecule has 0 N–H and O–H groups in total. The minimum atomic E-state index is -3.16. The Morgan fingerprint density at radius 2 is 1.55 bits per heavy atom. The molecule has 4 heterocycles. The van der Waals surface area contributed by atoms with Crippen LogP contribution in [0.25, 0.3) is 61.2 Å². The summed E-state index contributed by atoms with van der Waals surface area (Å²) in [5.41, 5.74) is 0.888. The Hall–Kier alpha value is -6.40. The van der Waals surface area contributed by atoms with Crippen molar-refractivity contribution in [1.82, 2.24) is 23.7 Å². The summed E-state index contributed by atoms with van der Waals surface area (Å²) in [5, 5.41) is 1.20. The van der Waals surface area contributed by atoms with Gasteiger partial charge in [-0.15, -0.1) is 0 Å². The molecular weight excluding hydrogens is 578 g/mol. The van der Waals surface area contributed by atoms with Crippen LogP contribution in [0.2, 0.25) is 0 Å². The lowest BCUT2D eigenvalue weighted by molar-refractivity contribution is 0.483. The molecule has 9 aromatic rings. The lowest BCUT2D eigenvalue weighted by Gasteiger charge is -2.13. The fourth-order valence-corrected chi connectivity index (χ4v) is 5.88. The summed E-state index contributed by atoms with van der Waals surface area (Å²) >= 11 is 0. The lowest BCUT2D eigenvalue weighted by atomic mass is 10.0. The molecule has 9 rings (SSSR count). The summed E-state index contributed by atoms with van der Waals surface area (Å²) in [6, 6.07) is 15.5. The number of hydrogen-bond donors (Lipinski definition) is 0. The van der Waals surface area contributed by atoms with E-state index in [2.05, 4.69) is 9.97 Å². The fourth-order valence-electron chi connectivity index (χ4n) is 5.88. The Bertz CT molecular complexity index is 3260. The van der Waals surface area contributed by atoms with E-state index >= 15 is 0 Å². The molecule has 47 heavy (non-hydrogen) atoms. The van der Waals surface area contributed by atoms with Gasteiger partial charge in [-0.25, -0.2) is 9.97 Å². The van der Waals surface area contributed by atoms with E-state index in [0.717, 1.165) is 11.2 Å². The van der Waals surface area contributed by atoms with Crippen molar-refractivity contribution in [3.05, 3.63) is 164 Å². The number of hydrogen-bond acceptors (Lipinski definition) is 3. The van der Waals surface area contributed by atoms with E-state index in [1.807, 2.05) is 59.2 Å². The molecular formula is C41H29N5O. The van der Waals surface area contributed by atoms with Gasteiger partial charge in [0.25, 0.3) is 0 Å². The van der Waals surface area contributed by atoms with Crippen LogP contribution >= 0.6 is 0 Å². The first-order chi connectivity index (χ1) is 29.0. The molecule has 0 radical (unpaired) electrons. The van der Waals surface area contributed by atoms with E-state index in [-0.39, 0.29) is 35.1 Å². The number of pyridine rings is 1. The van der Waals surface area contributed by atoms with Gasteiger partial charge in [0.05, 0.1) is 49.2 Å². The Morgan fingerprint density at radius 1 is 0.723 bits per heavy atom. The highest BCUT2D eigenvalue weighted by Crippen LogP contribution is 2.42. The van der Waals surface area contributed by atoms with E-state index in [0.29, 0.717) is 27.3 Å². The minimum Gasteiger partial charge on any atom is -0.457 e. The molecule has 0 spiro atoms. The molecule has 0 aliphatic rings. The molecule has 0 fully saturated rings. The third-order valence-corrected chi connectivity index (χ3v) is 7.84. The standard InChI is InChI=1S/C41H29N5O/c1-28-23-39(43-26-36(28)29-11-4-2-5-12-29)46-38-25-33(47-32-16-10-15-31(24-32)44-22-21-42-27-44)19-20-35(38)40-41(46)34-17-8-9-18-37(34)45(40)30-13-6-3-7-14-30/h2-27H,1H3/i1D3,2D,4D,5D,10D,11D,12D,15D,16D,23D,24D,26D. The first kappa shape index (κ1) is 16.2. The van der Waals surface area contributed by atoms with Crippen molar-refractivity contribution in [3.8, 4) is 39.8 Å². The van der Waals surface area contributed by atoms with Crippen molar-refractivity contribution in [2.24, 2.45) is 0 Å². The van der Waals surface area contributed by atoms with Gasteiger partial charge < -0.3 is 13.9 Å². The highest BCUT2D eigenvalue weighted by atomic mass is 16.5. The Labute approximate surface area is 291 Å². The maximum absolute atomic E-state index is 9.60. The second-order valence-electron chi connectivity index (χ2n) is 10.6. The SMILES string of the molecule is [2H]c1nc(-n2c3cc(Oc4c([2H])c([2H])c([2H])c(-n5ccnc5)c4[2H])ccc3c3c2c2ccccc2n3-c2ccccc2)c([2H])c(C([2H])([2H])[2H])c1-c1c([2H])c([2H])c([2H])c([2H])c1[2H]. The highest BCUT2D eigenvalue weighted by Gasteiger charge is 2.23. The predicted octanol–water partition coefficient (Wildman–Crippen LogP) is 10.1. The Balaban J connectivity index is 1.40. The van der Waals surface area contributed by atoms with Crippen LogP contribution in [0.4, 0.5) is 0 Å². The molecule has 6 heteroatoms. The number of aromatic nitrogens is 5. The molecule has 0 aliphatic heterocycles. The zero-order valence-electron chi connectivity index (χ0n) is 38.3. The van der Waals surface area contributed by atoms with E-state index in [9.17, 15) is 2.74 Å². The Morgan fingerprint density at radius 3 is 2.40 bits per heavy atom. The third-order valence-electron chi connectivity index (χ3n) is 7.84. The summed E-state index contributed by atoms with van der Waals surface area (Å²) < 4.78 is 133. The van der Waals surface area contributed by atoms with Crippen LogP contribution in [-0.4, -0.2) is 23.7 Å². The van der Waals surface area contributed by atoms with Crippen LogP contribution in [0.3, 0.4) is 0 Å². The Kier molecular flexibility index (Phi) is 3.77. The van der Waals surface area contributed by atoms with E-state index in [1.165, 1.54) is 33.9 Å². The molecule has 0 saturated heterocycles. The summed E-state index contributed by atoms with van der Waals surface area (Å²) in [4.78, 5) is 8.51. The predicted molar refractivity (Wildman–Crippen MR) is 189 cm³/mol. The van der Waals surface area contributed by atoms with Crippen LogP contribution in [0.15, 0.2) is 158 Å². The summed E-state index contributed by atoms with van der Waals surface area (Å²) in [6.45, 7) is -3.16. The second kappa shape index (κ2) is 10.9. The number of ether oxygens (including phenoxy) is 1. The van der Waals surface area contributed by atoms with Crippen molar-refractivity contribution in [1.29, 1.82) is 0 Å². The number of rotatable bonds is 6. The van der Waals surface area contributed by atoms with Gasteiger partial charge in [0.2, 0.25) is 0 Å². The normalized spacial score (nSPS) is 16.0. The van der Waals surface area contributed by atoms with Gasteiger partial charge in [0, 0.05) is 56.8 Å². The van der Waals surface area contributed by atoms with Gasteiger partial charge in [0.15, 0.2) is 0 Å². The molecule has 6 nitrogen and oxygen atoms in total. The molecule has 0 unspecified atom stereocenters. The highest BCUT2D eigenvalue weighted by molar-refractivity contribution is 6.20. The molecule has 0 atom stereocenters. The molecule has 224 valence electrons. The van der Waals surface area contributed by atoms with Gasteiger partial charge in [0.1, 0.15) is 17.3 Å². The average Bonchev–Trinajstić information content (AvgIpc) is 3.96. The van der Waals surface area contributed by atoms with E-state index in [1.54, 1.807) is 12.1 Å². The van der Waals surface area contributed by atoms with Gasteiger partial charge >= 0.3 is 0 Å². The maximum atomic E-state index is 9.60. The van der Waals surface area contributed by atoms with Gasteiger partial charge in [-0.05, 0) is 66.4 Å². The maximum Gasteiger partial charge on any atom is 0.137 e. The first-order valence-corrected chi connectivity index (χ1v) is 14.5. The summed E-state index contributed by atoms with van der Waals surface area (Å²) in [5.74, 6) is -0.590. The number of imidazole rings is 1. The number of nitrogens with zero attached hydrogens (tertiary/aromatic N) is 5. The molecule has 0 amide bonds. The van der Waals surface area contributed by atoms with Crippen molar-refractivity contribution < 1.29 is 23.9 Å². The smallest absolute Gasteiger partial charge is 0.137 e. The number of para-hydroxylation sites is 2. The minimum absolute atomic E-state index is 0.0329. The topological polar surface area (TPSA) is 49.8 Å². The third kappa shape index (κ3) is 4.50. The quantitative estimate of drug-likeness (QED) is 0.186. The fraction of sp³-hybridized carbons (Fsp3) is 0.0244. The van der Waals surface area contributed by atoms with Crippen LogP contribution < -0.4 is 4.74 Å². The van der Waals surface area contributed by atoms with E-state index in [4.69, 9.17) is 21.2 Å². The van der Waals surface area contributed by atoms with Gasteiger partial charge in [-0.2, -0.15) is 0 Å². The number of benzene rings is 5. The van der Waals surface area contributed by atoms with Gasteiger partial charge in [-0.1, -0.05) is 72.7 Å². The van der Waals surface area contributed by atoms with Crippen molar-refractivity contribution in [3.63, 3.8) is 0 Å². The lowest BCUT2D eigenvalue weighted by Crippen LogP contribution is -1.99. The van der Waals surface area contributed by atoms with Crippen molar-refractivity contribution >= 4 is 32.8 Å². The van der Waals surface area contributed by atoms with Crippen LogP contribution in [-0.2, 0) is 0 Å². The average molecular weight is 622 g/mol. The second-order valence-corrected chi connectivity index (χ2v) is 10.6. The van der Waals surface area contributed by atoms with Crippen LogP contribution in [0.5, 0.6) is 11.5 Å². The molecule has 4 aromatic heterocycles.